The first-order valence-electron chi connectivity index (χ1n) is 8.35. The molecule has 1 aromatic heterocycles. The molecule has 0 unspecified atom stereocenters. The highest BCUT2D eigenvalue weighted by Gasteiger charge is 1.93. The average molecular weight is 320 g/mol. The molecule has 0 aliphatic heterocycles. The summed E-state index contributed by atoms with van der Waals surface area (Å²) in [7, 11) is 0. The summed E-state index contributed by atoms with van der Waals surface area (Å²) in [5, 5.41) is 10.8. The van der Waals surface area contributed by atoms with E-state index in [1.165, 1.54) is 5.56 Å². The Hall–Kier alpha value is -1.72. The highest BCUT2D eigenvalue weighted by Crippen LogP contribution is 1.92. The van der Waals surface area contributed by atoms with Gasteiger partial charge < -0.3 is 10.1 Å². The molecule has 5 nitrogen and oxygen atoms in total. The van der Waals surface area contributed by atoms with Crippen LogP contribution in [0.2, 0.25) is 0 Å². The fourth-order valence-corrected chi connectivity index (χ4v) is 1.57. The van der Waals surface area contributed by atoms with E-state index < -0.39 is 0 Å². The van der Waals surface area contributed by atoms with Gasteiger partial charge in [-0.1, -0.05) is 68.8 Å². The molecule has 5 heteroatoms. The molecule has 1 aromatic carbocycles. The van der Waals surface area contributed by atoms with E-state index in [0.29, 0.717) is 12.6 Å². The molecular formula is C18H32N4O. The molecule has 23 heavy (non-hydrogen) atoms. The largest absolute Gasteiger partial charge is 0.378 e. The Balaban J connectivity index is 0.000000449. The number of ether oxygens (including phenoxy) is 1. The van der Waals surface area contributed by atoms with Gasteiger partial charge in [-0.05, 0) is 6.92 Å². The van der Waals surface area contributed by atoms with Crippen LogP contribution >= 0.6 is 0 Å². The normalized spacial score (nSPS) is 9.65. The minimum absolute atomic E-state index is 0.522. The molecule has 0 spiro atoms. The zero-order valence-electron chi connectivity index (χ0n) is 15.2. The van der Waals surface area contributed by atoms with Gasteiger partial charge in [0, 0.05) is 18.8 Å². The molecule has 0 amide bonds. The molecule has 0 aliphatic carbocycles. The standard InChI is InChI=1S/C9H18N4O.C7H8.C2H6/c1-9(2)10-4-7-14-8-6-13-5-3-11-12-13;1-7-5-3-2-4-6-7;1-2/h3,5,9-10H,4,6-8H2,1-2H3;2-6H,1H3;1-2H3. The number of hydrogen-bond donors (Lipinski definition) is 1. The maximum Gasteiger partial charge on any atom is 0.0692 e. The van der Waals surface area contributed by atoms with Gasteiger partial charge in [-0.3, -0.25) is 4.68 Å². The molecule has 0 aliphatic rings. The number of benzene rings is 1. The van der Waals surface area contributed by atoms with Crippen LogP contribution in [0.4, 0.5) is 0 Å². The summed E-state index contributed by atoms with van der Waals surface area (Å²) in [5.41, 5.74) is 1.32. The second-order valence-electron chi connectivity index (χ2n) is 5.04. The maximum atomic E-state index is 5.41. The predicted octanol–water partition coefficient (Wildman–Crippen LogP) is 3.31. The summed E-state index contributed by atoms with van der Waals surface area (Å²) in [6.45, 7) is 13.4. The Bertz CT molecular complexity index is 443. The van der Waals surface area contributed by atoms with E-state index in [2.05, 4.69) is 48.5 Å². The van der Waals surface area contributed by atoms with Gasteiger partial charge in [0.1, 0.15) is 0 Å². The van der Waals surface area contributed by atoms with Gasteiger partial charge in [0.2, 0.25) is 0 Å². The highest BCUT2D eigenvalue weighted by molar-refractivity contribution is 5.11. The van der Waals surface area contributed by atoms with E-state index in [0.717, 1.165) is 19.7 Å². The average Bonchev–Trinajstić information content (AvgIpc) is 3.07. The zero-order chi connectivity index (χ0) is 17.3. The van der Waals surface area contributed by atoms with E-state index in [9.17, 15) is 0 Å². The van der Waals surface area contributed by atoms with Gasteiger partial charge in [0.15, 0.2) is 0 Å². The van der Waals surface area contributed by atoms with Crippen LogP contribution in [0, 0.1) is 6.92 Å². The lowest BCUT2D eigenvalue weighted by molar-refractivity contribution is 0.124. The molecule has 0 fully saturated rings. The summed E-state index contributed by atoms with van der Waals surface area (Å²) in [6, 6.07) is 10.8. The minimum Gasteiger partial charge on any atom is -0.378 e. The lowest BCUT2D eigenvalue weighted by atomic mass is 10.2. The Kier molecular flexibility index (Phi) is 14.1. The third-order valence-corrected chi connectivity index (χ3v) is 2.68. The van der Waals surface area contributed by atoms with E-state index >= 15 is 0 Å². The molecular weight excluding hydrogens is 288 g/mol. The lowest BCUT2D eigenvalue weighted by Gasteiger charge is -2.08. The van der Waals surface area contributed by atoms with Gasteiger partial charge in [-0.15, -0.1) is 5.10 Å². The van der Waals surface area contributed by atoms with Gasteiger partial charge >= 0.3 is 0 Å². The fraction of sp³-hybridized carbons (Fsp3) is 0.556. The Morgan fingerprint density at radius 1 is 1.13 bits per heavy atom. The second-order valence-corrected chi connectivity index (χ2v) is 5.04. The summed E-state index contributed by atoms with van der Waals surface area (Å²) in [5.74, 6) is 0. The fourth-order valence-electron chi connectivity index (χ4n) is 1.57. The number of hydrogen-bond acceptors (Lipinski definition) is 4. The number of aromatic nitrogens is 3. The topological polar surface area (TPSA) is 52.0 Å². The molecule has 0 saturated heterocycles. The molecule has 1 N–H and O–H groups in total. The first-order chi connectivity index (χ1) is 11.2. The second kappa shape index (κ2) is 15.2. The van der Waals surface area contributed by atoms with Crippen molar-refractivity contribution < 1.29 is 4.74 Å². The quantitative estimate of drug-likeness (QED) is 0.795. The van der Waals surface area contributed by atoms with Gasteiger partial charge in [-0.25, -0.2) is 0 Å². The molecule has 0 radical (unpaired) electrons. The summed E-state index contributed by atoms with van der Waals surface area (Å²) in [6.07, 6.45) is 3.50. The van der Waals surface area contributed by atoms with Crippen LogP contribution in [0.25, 0.3) is 0 Å². The molecule has 2 rings (SSSR count). The van der Waals surface area contributed by atoms with E-state index in [1.807, 2.05) is 38.2 Å². The third-order valence-electron chi connectivity index (χ3n) is 2.68. The van der Waals surface area contributed by atoms with Crippen molar-refractivity contribution in [3.63, 3.8) is 0 Å². The van der Waals surface area contributed by atoms with Crippen LogP contribution in [-0.4, -0.2) is 40.8 Å². The molecule has 0 bridgehead atoms. The lowest BCUT2D eigenvalue weighted by Crippen LogP contribution is -2.27. The van der Waals surface area contributed by atoms with Crippen LogP contribution in [-0.2, 0) is 11.3 Å². The van der Waals surface area contributed by atoms with Crippen molar-refractivity contribution in [2.24, 2.45) is 0 Å². The predicted molar refractivity (Wildman–Crippen MR) is 96.5 cm³/mol. The zero-order valence-corrected chi connectivity index (χ0v) is 15.2. The van der Waals surface area contributed by atoms with Crippen LogP contribution in [0.1, 0.15) is 33.3 Å². The van der Waals surface area contributed by atoms with E-state index in [-0.39, 0.29) is 0 Å². The van der Waals surface area contributed by atoms with Crippen LogP contribution in [0.3, 0.4) is 0 Å². The first kappa shape index (κ1) is 21.3. The molecule has 130 valence electrons. The van der Waals surface area contributed by atoms with Crippen molar-refractivity contribution in [1.29, 1.82) is 0 Å². The van der Waals surface area contributed by atoms with Crippen molar-refractivity contribution in [1.82, 2.24) is 20.3 Å². The van der Waals surface area contributed by atoms with Gasteiger partial charge in [0.05, 0.1) is 26.0 Å². The van der Waals surface area contributed by atoms with Crippen LogP contribution < -0.4 is 5.32 Å². The van der Waals surface area contributed by atoms with Crippen molar-refractivity contribution in [3.05, 3.63) is 48.3 Å². The summed E-state index contributed by atoms with van der Waals surface area (Å²) >= 11 is 0. The molecule has 0 atom stereocenters. The minimum atomic E-state index is 0.522. The van der Waals surface area contributed by atoms with Crippen molar-refractivity contribution in [3.8, 4) is 0 Å². The van der Waals surface area contributed by atoms with Crippen LogP contribution in [0.5, 0.6) is 0 Å². The smallest absolute Gasteiger partial charge is 0.0692 e. The first-order valence-corrected chi connectivity index (χ1v) is 8.35. The van der Waals surface area contributed by atoms with Gasteiger partial charge in [0.25, 0.3) is 0 Å². The number of nitrogens with zero attached hydrogens (tertiary/aromatic N) is 3. The number of aryl methyl sites for hydroxylation is 1. The summed E-state index contributed by atoms with van der Waals surface area (Å²) < 4.78 is 7.17. The third kappa shape index (κ3) is 13.7. The number of nitrogens with one attached hydrogen (secondary N) is 1. The monoisotopic (exact) mass is 320 g/mol. The van der Waals surface area contributed by atoms with Gasteiger partial charge in [-0.2, -0.15) is 0 Å². The maximum absolute atomic E-state index is 5.41. The number of rotatable bonds is 7. The highest BCUT2D eigenvalue weighted by atomic mass is 16.5. The SMILES string of the molecule is CC.CC(C)NCCOCCn1ccnn1.Cc1ccccc1. The molecule has 0 saturated carbocycles. The van der Waals surface area contributed by atoms with Crippen LogP contribution in [0.15, 0.2) is 42.7 Å². The Labute approximate surface area is 141 Å². The van der Waals surface area contributed by atoms with E-state index in [4.69, 9.17) is 4.74 Å². The van der Waals surface area contributed by atoms with Crippen molar-refractivity contribution in [2.75, 3.05) is 19.8 Å². The van der Waals surface area contributed by atoms with E-state index in [1.54, 1.807) is 10.9 Å². The van der Waals surface area contributed by atoms with Crippen molar-refractivity contribution >= 4 is 0 Å². The Morgan fingerprint density at radius 3 is 2.30 bits per heavy atom. The molecule has 2 aromatic rings. The van der Waals surface area contributed by atoms with Crippen molar-refractivity contribution in [2.45, 2.75) is 47.2 Å². The summed E-state index contributed by atoms with van der Waals surface area (Å²) in [4.78, 5) is 0. The Morgan fingerprint density at radius 2 is 1.83 bits per heavy atom. The molecule has 1 heterocycles.